The molecule has 1 amide bonds. The van der Waals surface area contributed by atoms with Crippen LogP contribution in [0.4, 0.5) is 5.82 Å². The number of nitrogens with zero attached hydrogens (tertiary/aromatic N) is 5. The first-order chi connectivity index (χ1) is 17.3. The molecule has 2 aromatic rings. The lowest BCUT2D eigenvalue weighted by molar-refractivity contribution is -0.130. The Hall–Kier alpha value is -2.62. The molecule has 3 rings (SSSR count). The van der Waals surface area contributed by atoms with Crippen LogP contribution in [-0.2, 0) is 4.79 Å². The highest BCUT2D eigenvalue weighted by atomic mass is 16.2. The standard InChI is InChI=1S/C17H22N6O/c1-11-5-6-23(15(24)8-18-3)9-14(11)22(4)17-13-7-12(2)21-16(13)19-10-20-17/h7,10-11,14H,5-6,8-9H2,1-2,4H3,(H,19,20,21)/t11-,14+/m1/s1/i4D3,5D2,6D2,7D,8D2,9D2,10D,11D,14D. The lowest BCUT2D eigenvalue weighted by Crippen LogP contribution is -2.53. The molecule has 126 valence electrons. The summed E-state index contributed by atoms with van der Waals surface area (Å²) in [5.41, 5.74) is -0.200. The van der Waals surface area contributed by atoms with E-state index in [1.165, 1.54) is 6.92 Å². The second-order valence-electron chi connectivity index (χ2n) is 4.77. The average molecular weight is 341 g/mol. The normalized spacial score (nSPS) is 43.5. The van der Waals surface area contributed by atoms with Gasteiger partial charge in [-0.25, -0.2) is 16.5 Å². The number of hydrogen-bond acceptors (Lipinski definition) is 4. The molecule has 0 saturated carbocycles. The third kappa shape index (κ3) is 2.92. The zero-order valence-electron chi connectivity index (χ0n) is 27.6. The maximum absolute atomic E-state index is 13.1. The molecule has 0 aromatic carbocycles. The maximum atomic E-state index is 13.1. The van der Waals surface area contributed by atoms with Crippen LogP contribution >= 0.6 is 0 Å². The highest BCUT2D eigenvalue weighted by Crippen LogP contribution is 2.29. The fourth-order valence-corrected chi connectivity index (χ4v) is 2.04. The van der Waals surface area contributed by atoms with Crippen molar-refractivity contribution in [3.05, 3.63) is 29.5 Å². The molecule has 7 nitrogen and oxygen atoms in total. The fourth-order valence-electron chi connectivity index (χ4n) is 2.04. The van der Waals surface area contributed by atoms with Gasteiger partial charge in [-0.2, -0.15) is 0 Å². The van der Waals surface area contributed by atoms with Gasteiger partial charge in [0.05, 0.1) is 16.9 Å². The van der Waals surface area contributed by atoms with Gasteiger partial charge in [0.2, 0.25) is 0 Å². The first-order valence-electron chi connectivity index (χ1n) is 14.1. The number of aryl methyl sites for hydroxylation is 1. The molecular weight excluding hydrogens is 304 g/mol. The summed E-state index contributed by atoms with van der Waals surface area (Å²) in [6, 6.07) is -4.35. The summed E-state index contributed by atoms with van der Waals surface area (Å²) in [5.74, 6) is -6.70. The Kier molecular flexibility index (Phi) is 1.63. The molecule has 1 aliphatic heterocycles. The van der Waals surface area contributed by atoms with Crippen LogP contribution in [0.25, 0.3) is 15.9 Å². The number of carbonyl (C=O) groups excluding carboxylic acids is 1. The third-order valence-corrected chi connectivity index (χ3v) is 3.11. The topological polar surface area (TPSA) is 69.5 Å². The summed E-state index contributed by atoms with van der Waals surface area (Å²) in [7, 11) is 0. The van der Waals surface area contributed by atoms with E-state index in [2.05, 4.69) is 19.8 Å². The van der Waals surface area contributed by atoms with Crippen molar-refractivity contribution in [2.24, 2.45) is 5.89 Å². The Labute approximate surface area is 162 Å². The Morgan fingerprint density at radius 2 is 2.62 bits per heavy atom. The number of piperidine rings is 1. The summed E-state index contributed by atoms with van der Waals surface area (Å²) in [6.45, 7) is -6.51. The molecule has 7 heteroatoms. The largest absolute Gasteiger partial charge is 0.354 e. The number of hydrogen-bond donors (Lipinski definition) is 1. The molecule has 1 N–H and O–H groups in total. The average Bonchev–Trinajstić information content (AvgIpc) is 3.04. The van der Waals surface area contributed by atoms with Crippen LogP contribution in [0.3, 0.4) is 0 Å². The molecular formula is C17H22N6O. The number of likely N-dealkylation sites (N-methyl/N-ethyl adjacent to an activating group) is 1. The first kappa shape index (κ1) is 6.03. The van der Waals surface area contributed by atoms with Gasteiger partial charge in [-0.05, 0) is 25.2 Å². The van der Waals surface area contributed by atoms with Crippen LogP contribution in [0.5, 0.6) is 0 Å². The Morgan fingerprint density at radius 1 is 1.79 bits per heavy atom. The van der Waals surface area contributed by atoms with Crippen molar-refractivity contribution in [2.75, 3.05) is 31.4 Å². The summed E-state index contributed by atoms with van der Waals surface area (Å²) in [5, 5.41) is -0.457. The number of rotatable bonds is 3. The fraction of sp³-hybridized carbons (Fsp3) is 0.529. The van der Waals surface area contributed by atoms with Gasteiger partial charge < -0.3 is 19.6 Å². The van der Waals surface area contributed by atoms with Crippen molar-refractivity contribution in [2.45, 2.75) is 26.2 Å². The second-order valence-corrected chi connectivity index (χ2v) is 4.77. The zero-order valence-corrected chi connectivity index (χ0v) is 12.6. The minimum Gasteiger partial charge on any atom is -0.354 e. The lowest BCUT2D eigenvalue weighted by atomic mass is 9.92. The first-order valence-corrected chi connectivity index (χ1v) is 6.64. The van der Waals surface area contributed by atoms with Gasteiger partial charge in [-0.3, -0.25) is 4.79 Å². The number of nitrogens with one attached hydrogen (secondary N) is 1. The molecule has 0 radical (unpaired) electrons. The molecule has 1 saturated heterocycles. The van der Waals surface area contributed by atoms with Gasteiger partial charge in [0.1, 0.15) is 21.9 Å². The van der Waals surface area contributed by atoms with Crippen LogP contribution in [-0.4, -0.2) is 58.2 Å². The Bertz CT molecular complexity index is 1390. The minimum atomic E-state index is -4.07. The molecule has 24 heavy (non-hydrogen) atoms. The highest BCUT2D eigenvalue weighted by molar-refractivity contribution is 5.88. The molecule has 0 aliphatic carbocycles. The van der Waals surface area contributed by atoms with Crippen LogP contribution in [0.2, 0.25) is 0 Å². The van der Waals surface area contributed by atoms with Crippen LogP contribution in [0.15, 0.2) is 12.3 Å². The molecule has 3 heterocycles. The smallest absolute Gasteiger partial charge is 0.302 e. The van der Waals surface area contributed by atoms with E-state index in [0.717, 1.165) is 0 Å². The number of H-pyrrole nitrogens is 1. The second kappa shape index (κ2) is 6.48. The molecule has 0 spiro atoms. The number of likely N-dealkylation sites (tertiary alicyclic amines) is 1. The van der Waals surface area contributed by atoms with Gasteiger partial charge in [0, 0.05) is 36.6 Å². The van der Waals surface area contributed by atoms with E-state index in [1.54, 1.807) is 0 Å². The number of aromatic amines is 1. The minimum absolute atomic E-state index is 0.0877. The number of amides is 1. The van der Waals surface area contributed by atoms with Gasteiger partial charge in [-0.15, -0.1) is 0 Å². The summed E-state index contributed by atoms with van der Waals surface area (Å²) < 4.78 is 125. The van der Waals surface area contributed by atoms with E-state index in [4.69, 9.17) is 25.8 Å². The molecule has 1 fully saturated rings. The van der Waals surface area contributed by atoms with Crippen molar-refractivity contribution in [3.63, 3.8) is 0 Å². The lowest BCUT2D eigenvalue weighted by Gasteiger charge is -2.41. The van der Waals surface area contributed by atoms with E-state index < -0.39 is 79.1 Å². The van der Waals surface area contributed by atoms with Crippen molar-refractivity contribution in [1.29, 1.82) is 0 Å². The van der Waals surface area contributed by atoms with Crippen LogP contribution < -0.4 is 4.90 Å². The van der Waals surface area contributed by atoms with Gasteiger partial charge in [0.25, 0.3) is 6.50 Å². The summed E-state index contributed by atoms with van der Waals surface area (Å²) >= 11 is 0. The number of aromatic nitrogens is 3. The van der Waals surface area contributed by atoms with Crippen LogP contribution in [0, 0.1) is 19.4 Å². The Morgan fingerprint density at radius 3 is 3.38 bits per heavy atom. The molecule has 1 aliphatic rings. The third-order valence-electron chi connectivity index (χ3n) is 3.11. The van der Waals surface area contributed by atoms with Crippen molar-refractivity contribution in [1.82, 2.24) is 19.9 Å². The van der Waals surface area contributed by atoms with E-state index in [0.29, 0.717) is 6.92 Å². The van der Waals surface area contributed by atoms with Gasteiger partial charge in [0.15, 0.2) is 0 Å². The highest BCUT2D eigenvalue weighted by Gasteiger charge is 2.33. The zero-order chi connectivity index (χ0) is 30.5. The molecule has 2 aromatic heterocycles. The summed E-state index contributed by atoms with van der Waals surface area (Å²) in [4.78, 5) is 24.7. The van der Waals surface area contributed by atoms with E-state index in [1.807, 2.05) is 0 Å². The monoisotopic (exact) mass is 341 g/mol. The molecule has 0 unspecified atom stereocenters. The molecule has 0 bridgehead atoms. The SMILES string of the molecule is [2H]c1nc(N(C([2H])([2H])[2H])[C@@]2([2H])C([2H])([2H])N(C(=O)C([2H])([2H])[N+]#[C-])C([2H])([2H])C([2H])([2H])[C@@]2([2H])C)c2c([2H])c(C)[nH]c2n1. The predicted octanol–water partition coefficient (Wildman–Crippen LogP) is 1.86. The van der Waals surface area contributed by atoms with Crippen molar-refractivity contribution < 1.29 is 25.4 Å². The number of fused-ring (bicyclic) bond motifs is 1. The van der Waals surface area contributed by atoms with E-state index in [-0.39, 0.29) is 16.2 Å². The summed E-state index contributed by atoms with van der Waals surface area (Å²) in [6.07, 6.45) is -4.69. The number of anilines is 1. The predicted molar refractivity (Wildman–Crippen MR) is 92.6 cm³/mol. The molecule has 2 atom stereocenters. The maximum Gasteiger partial charge on any atom is 0.302 e. The quantitative estimate of drug-likeness (QED) is 0.865. The van der Waals surface area contributed by atoms with Crippen LogP contribution in [0.1, 0.15) is 39.6 Å². The van der Waals surface area contributed by atoms with Crippen molar-refractivity contribution >= 4 is 22.8 Å². The van der Waals surface area contributed by atoms with E-state index >= 15 is 0 Å². The van der Waals surface area contributed by atoms with E-state index in [9.17, 15) is 6.17 Å². The Balaban J connectivity index is 2.58. The van der Waals surface area contributed by atoms with Gasteiger partial charge >= 0.3 is 5.91 Å². The number of carbonyl (C=O) groups is 1. The van der Waals surface area contributed by atoms with Crippen molar-refractivity contribution in [3.8, 4) is 0 Å². The van der Waals surface area contributed by atoms with Gasteiger partial charge in [-0.1, -0.05) is 6.92 Å².